The van der Waals surface area contributed by atoms with Gasteiger partial charge in [-0.3, -0.25) is 14.9 Å². The summed E-state index contributed by atoms with van der Waals surface area (Å²) in [7, 11) is 0. The van der Waals surface area contributed by atoms with Crippen LogP contribution in [0.2, 0.25) is 0 Å². The zero-order valence-corrected chi connectivity index (χ0v) is 16.7. The molecule has 0 atom stereocenters. The Hall–Kier alpha value is -3.21. The number of fused-ring (bicyclic) bond motifs is 1. The first-order chi connectivity index (χ1) is 14.9. The van der Waals surface area contributed by atoms with Gasteiger partial charge in [-0.2, -0.15) is 26.3 Å². The Balaban J connectivity index is 1.74. The highest BCUT2D eigenvalue weighted by molar-refractivity contribution is 8.18. The second-order valence-corrected chi connectivity index (χ2v) is 7.96. The quantitative estimate of drug-likeness (QED) is 0.375. The third kappa shape index (κ3) is 4.24. The molecule has 0 radical (unpaired) electrons. The lowest BCUT2D eigenvalue weighted by molar-refractivity contribution is -0.143. The molecule has 2 heterocycles. The minimum absolute atomic E-state index is 0.115. The van der Waals surface area contributed by atoms with Crippen molar-refractivity contribution in [1.82, 2.24) is 9.88 Å². The van der Waals surface area contributed by atoms with Crippen LogP contribution in [0.25, 0.3) is 17.0 Å². The number of imide groups is 1. The summed E-state index contributed by atoms with van der Waals surface area (Å²) in [5, 5.41) is 2.23. The van der Waals surface area contributed by atoms with Crippen molar-refractivity contribution in [2.45, 2.75) is 18.9 Å². The van der Waals surface area contributed by atoms with Gasteiger partial charge in [0.1, 0.15) is 0 Å². The van der Waals surface area contributed by atoms with E-state index in [0.717, 1.165) is 17.8 Å². The molecule has 1 aromatic heterocycles. The van der Waals surface area contributed by atoms with Crippen LogP contribution < -0.4 is 5.32 Å². The number of aromatic nitrogens is 1. The third-order valence-corrected chi connectivity index (χ3v) is 5.67. The van der Waals surface area contributed by atoms with Gasteiger partial charge in [-0.15, -0.1) is 0 Å². The lowest BCUT2D eigenvalue weighted by Gasteiger charge is -2.17. The molecule has 1 N–H and O–H groups in total. The zero-order valence-electron chi connectivity index (χ0n) is 15.8. The molecule has 166 valence electrons. The van der Waals surface area contributed by atoms with E-state index in [2.05, 4.69) is 5.32 Å². The molecule has 11 heteroatoms. The fourth-order valence-electron chi connectivity index (χ4n) is 3.41. The molecule has 0 unspecified atom stereocenters. The summed E-state index contributed by atoms with van der Waals surface area (Å²) in [6.07, 6.45) is -6.85. The molecule has 0 saturated carbocycles. The van der Waals surface area contributed by atoms with E-state index in [1.165, 1.54) is 16.8 Å². The summed E-state index contributed by atoms with van der Waals surface area (Å²) < 4.78 is 80.6. The van der Waals surface area contributed by atoms with Crippen LogP contribution in [0.15, 0.2) is 53.6 Å². The molecule has 1 aliphatic rings. The van der Waals surface area contributed by atoms with E-state index >= 15 is 0 Å². The van der Waals surface area contributed by atoms with E-state index in [-0.39, 0.29) is 23.1 Å². The van der Waals surface area contributed by atoms with Gasteiger partial charge < -0.3 is 4.57 Å². The number of thioether (sulfide) groups is 1. The standard InChI is InChI=1S/C21H12F6N2O2S/c22-20(23,24)13-5-4-12(15(9-13)21(25,26)27)10-29-7-6-14-11(2-1-3-16(14)29)8-17-18(30)28-19(31)32-17/h1-9H,10H2,(H,28,30,31)/b17-8-. The van der Waals surface area contributed by atoms with Gasteiger partial charge in [0, 0.05) is 23.6 Å². The van der Waals surface area contributed by atoms with Crippen molar-refractivity contribution < 1.29 is 35.9 Å². The van der Waals surface area contributed by atoms with Crippen molar-refractivity contribution in [3.05, 3.63) is 75.8 Å². The largest absolute Gasteiger partial charge is 0.416 e. The van der Waals surface area contributed by atoms with Crippen LogP contribution in [0.5, 0.6) is 0 Å². The molecule has 1 fully saturated rings. The summed E-state index contributed by atoms with van der Waals surface area (Å²) in [5.74, 6) is -0.545. The molecule has 0 spiro atoms. The number of halogens is 6. The number of amides is 2. The van der Waals surface area contributed by atoms with Crippen LogP contribution >= 0.6 is 11.8 Å². The van der Waals surface area contributed by atoms with Gasteiger partial charge in [0.05, 0.1) is 16.0 Å². The summed E-state index contributed by atoms with van der Waals surface area (Å²) in [5.41, 5.74) is -1.96. The number of rotatable bonds is 3. The number of benzene rings is 2. The number of alkyl halides is 6. The van der Waals surface area contributed by atoms with Crippen molar-refractivity contribution in [3.8, 4) is 0 Å². The first-order valence-electron chi connectivity index (χ1n) is 9.03. The highest BCUT2D eigenvalue weighted by atomic mass is 32.2. The minimum Gasteiger partial charge on any atom is -0.343 e. The van der Waals surface area contributed by atoms with Gasteiger partial charge in [-0.1, -0.05) is 18.2 Å². The maximum atomic E-state index is 13.5. The second kappa shape index (κ2) is 7.73. The number of carbonyl (C=O) groups excluding carboxylic acids is 2. The Bertz CT molecular complexity index is 1270. The van der Waals surface area contributed by atoms with Crippen molar-refractivity contribution in [2.75, 3.05) is 0 Å². The third-order valence-electron chi connectivity index (χ3n) is 4.86. The average Bonchev–Trinajstić information content (AvgIpc) is 3.23. The molecule has 4 nitrogen and oxygen atoms in total. The fourth-order valence-corrected chi connectivity index (χ4v) is 4.08. The van der Waals surface area contributed by atoms with E-state index in [9.17, 15) is 35.9 Å². The maximum Gasteiger partial charge on any atom is 0.416 e. The number of carbonyl (C=O) groups is 2. The SMILES string of the molecule is O=C1NC(=O)/C(=C/c2cccc3c2ccn3Cc2ccc(C(F)(F)F)cc2C(F)(F)F)S1. The van der Waals surface area contributed by atoms with Crippen molar-refractivity contribution in [1.29, 1.82) is 0 Å². The van der Waals surface area contributed by atoms with Gasteiger partial charge in [0.25, 0.3) is 11.1 Å². The molecule has 2 amide bonds. The minimum atomic E-state index is -4.96. The van der Waals surface area contributed by atoms with Gasteiger partial charge >= 0.3 is 12.4 Å². The first-order valence-corrected chi connectivity index (χ1v) is 9.85. The smallest absolute Gasteiger partial charge is 0.343 e. The van der Waals surface area contributed by atoms with Crippen LogP contribution in [-0.2, 0) is 23.7 Å². The van der Waals surface area contributed by atoms with Gasteiger partial charge in [-0.05, 0) is 53.2 Å². The average molecular weight is 470 g/mol. The van der Waals surface area contributed by atoms with Crippen LogP contribution in [0.1, 0.15) is 22.3 Å². The molecule has 1 saturated heterocycles. The van der Waals surface area contributed by atoms with E-state index in [4.69, 9.17) is 0 Å². The zero-order chi connectivity index (χ0) is 23.3. The molecule has 1 aliphatic heterocycles. The number of hydrogen-bond donors (Lipinski definition) is 1. The maximum absolute atomic E-state index is 13.5. The molecule has 4 rings (SSSR count). The molecule has 0 aliphatic carbocycles. The van der Waals surface area contributed by atoms with Crippen molar-refractivity contribution in [2.24, 2.45) is 0 Å². The number of nitrogens with zero attached hydrogens (tertiary/aromatic N) is 1. The molecular formula is C21H12F6N2O2S. The molecular weight excluding hydrogens is 458 g/mol. The van der Waals surface area contributed by atoms with E-state index in [1.54, 1.807) is 24.3 Å². The van der Waals surface area contributed by atoms with Gasteiger partial charge in [0.2, 0.25) is 0 Å². The fraction of sp³-hybridized carbons (Fsp3) is 0.143. The Kier molecular flexibility index (Phi) is 5.32. The normalized spacial score (nSPS) is 16.2. The molecule has 32 heavy (non-hydrogen) atoms. The predicted molar refractivity (Wildman–Crippen MR) is 107 cm³/mol. The van der Waals surface area contributed by atoms with Gasteiger partial charge in [-0.25, -0.2) is 0 Å². The Morgan fingerprint density at radius 2 is 1.72 bits per heavy atom. The summed E-state index contributed by atoms with van der Waals surface area (Å²) in [6.45, 7) is -0.315. The van der Waals surface area contributed by atoms with Crippen LogP contribution in [0, 0.1) is 0 Å². The Morgan fingerprint density at radius 3 is 2.34 bits per heavy atom. The highest BCUT2D eigenvalue weighted by Crippen LogP contribution is 2.38. The molecule has 2 aromatic carbocycles. The Labute approximate surface area is 180 Å². The second-order valence-electron chi connectivity index (χ2n) is 6.94. The lowest BCUT2D eigenvalue weighted by Crippen LogP contribution is -2.17. The highest BCUT2D eigenvalue weighted by Gasteiger charge is 2.38. The van der Waals surface area contributed by atoms with Gasteiger partial charge in [0.15, 0.2) is 0 Å². The Morgan fingerprint density at radius 1 is 0.969 bits per heavy atom. The lowest BCUT2D eigenvalue weighted by atomic mass is 10.0. The summed E-state index contributed by atoms with van der Waals surface area (Å²) >= 11 is 0.732. The first kappa shape index (κ1) is 22.0. The molecule has 0 bridgehead atoms. The van der Waals surface area contributed by atoms with Crippen LogP contribution in [0.3, 0.4) is 0 Å². The van der Waals surface area contributed by atoms with E-state index in [0.29, 0.717) is 22.5 Å². The van der Waals surface area contributed by atoms with E-state index in [1.807, 2.05) is 0 Å². The van der Waals surface area contributed by atoms with E-state index < -0.39 is 34.6 Å². The van der Waals surface area contributed by atoms with Crippen LogP contribution in [0.4, 0.5) is 31.1 Å². The number of hydrogen-bond acceptors (Lipinski definition) is 3. The topological polar surface area (TPSA) is 51.1 Å². The summed E-state index contributed by atoms with van der Waals surface area (Å²) in [4.78, 5) is 23.3. The predicted octanol–water partition coefficient (Wildman–Crippen LogP) is 6.05. The monoisotopic (exact) mass is 470 g/mol. The van der Waals surface area contributed by atoms with Crippen molar-refractivity contribution >= 4 is 39.9 Å². The summed E-state index contributed by atoms with van der Waals surface area (Å²) in [6, 6.07) is 8.13. The number of nitrogens with one attached hydrogen (secondary N) is 1. The van der Waals surface area contributed by atoms with Crippen molar-refractivity contribution in [3.63, 3.8) is 0 Å². The van der Waals surface area contributed by atoms with Crippen LogP contribution in [-0.4, -0.2) is 15.7 Å². The molecule has 3 aromatic rings.